The summed E-state index contributed by atoms with van der Waals surface area (Å²) in [6.07, 6.45) is -1.18. The number of carbonyl (C=O) groups is 2. The monoisotopic (exact) mass is 132 g/mol. The predicted octanol–water partition coefficient (Wildman–Crippen LogP) is -0.589. The van der Waals surface area contributed by atoms with Gasteiger partial charge in [0.25, 0.3) is 0 Å². The van der Waals surface area contributed by atoms with Crippen molar-refractivity contribution in [1.29, 1.82) is 0 Å². The van der Waals surface area contributed by atoms with Gasteiger partial charge >= 0.3 is 5.97 Å². The Balaban J connectivity index is 3.65. The molecule has 52 valence electrons. The molecule has 0 aromatic heterocycles. The Bertz CT molecular complexity index is 127. The molecule has 4 nitrogen and oxygen atoms in total. The minimum absolute atomic E-state index is 0.310. The maximum absolute atomic E-state index is 10.2. The van der Waals surface area contributed by atoms with Crippen LogP contribution in [0.15, 0.2) is 0 Å². The summed E-state index contributed by atoms with van der Waals surface area (Å²) in [4.78, 5) is 20.0. The van der Waals surface area contributed by atoms with E-state index in [1.165, 1.54) is 6.92 Å². The number of aliphatic hydroxyl groups excluding tert-OH is 1. The number of hydrogen-bond donors (Lipinski definition) is 2. The first-order chi connectivity index (χ1) is 4.04. The van der Waals surface area contributed by atoms with Crippen molar-refractivity contribution in [1.82, 2.24) is 0 Å². The third-order valence-electron chi connectivity index (χ3n) is 0.719. The van der Waals surface area contributed by atoms with Crippen LogP contribution in [0.2, 0.25) is 0 Å². The molecule has 0 heterocycles. The fraction of sp³-hybridized carbons (Fsp3) is 0.600. The largest absolute Gasteiger partial charge is 0.475 e. The number of aliphatic carboxylic acids is 1. The molecule has 4 heteroatoms. The van der Waals surface area contributed by atoms with Gasteiger partial charge in [0.2, 0.25) is 5.78 Å². The van der Waals surface area contributed by atoms with Crippen molar-refractivity contribution in [3.63, 3.8) is 0 Å². The molecule has 0 aliphatic carbocycles. The number of carbonyl (C=O) groups excluding carboxylic acids is 1. The maximum atomic E-state index is 10.2. The first kappa shape index (κ1) is 8.10. The summed E-state index contributed by atoms with van der Waals surface area (Å²) in [6.45, 7) is 1.36. The van der Waals surface area contributed by atoms with E-state index in [-0.39, 0.29) is 6.42 Å². The Morgan fingerprint density at radius 3 is 2.11 bits per heavy atom. The lowest BCUT2D eigenvalue weighted by molar-refractivity contribution is -0.149. The zero-order valence-electron chi connectivity index (χ0n) is 5.00. The van der Waals surface area contributed by atoms with E-state index in [9.17, 15) is 9.59 Å². The van der Waals surface area contributed by atoms with Gasteiger partial charge in [0, 0.05) is 6.42 Å². The van der Waals surface area contributed by atoms with E-state index in [1.54, 1.807) is 0 Å². The van der Waals surface area contributed by atoms with Gasteiger partial charge in [-0.05, 0) is 6.92 Å². The van der Waals surface area contributed by atoms with Crippen LogP contribution < -0.4 is 0 Å². The van der Waals surface area contributed by atoms with Crippen molar-refractivity contribution in [3.05, 3.63) is 0 Å². The molecule has 0 radical (unpaired) electrons. The number of carboxylic acid groups (broad SMARTS) is 1. The summed E-state index contributed by atoms with van der Waals surface area (Å²) >= 11 is 0. The molecule has 0 unspecified atom stereocenters. The highest BCUT2D eigenvalue weighted by molar-refractivity contribution is 6.32. The second-order valence-electron chi connectivity index (χ2n) is 1.78. The number of rotatable bonds is 3. The SMILES string of the molecule is C[C@@H](O)CC(=O)C(=O)O. The van der Waals surface area contributed by atoms with Crippen LogP contribution in [0.4, 0.5) is 0 Å². The highest BCUT2D eigenvalue weighted by Gasteiger charge is 2.12. The van der Waals surface area contributed by atoms with E-state index in [2.05, 4.69) is 0 Å². The molecular formula is C5H8O4. The maximum Gasteiger partial charge on any atom is 0.372 e. The number of ketones is 1. The standard InChI is InChI=1S/C5H8O4/c1-3(6)2-4(7)5(8)9/h3,6H,2H2,1H3,(H,8,9)/t3-/m1/s1. The molecule has 0 spiro atoms. The number of carboxylic acids is 1. The molecule has 0 amide bonds. The molecule has 1 atom stereocenters. The molecule has 9 heavy (non-hydrogen) atoms. The third kappa shape index (κ3) is 3.66. The first-order valence-electron chi connectivity index (χ1n) is 2.48. The molecule has 0 aliphatic rings. The van der Waals surface area contributed by atoms with Crippen molar-refractivity contribution in [2.75, 3.05) is 0 Å². The Morgan fingerprint density at radius 2 is 2.00 bits per heavy atom. The zero-order valence-corrected chi connectivity index (χ0v) is 5.00. The van der Waals surface area contributed by atoms with Crippen LogP contribution in [0.1, 0.15) is 13.3 Å². The first-order valence-corrected chi connectivity index (χ1v) is 2.48. The normalized spacial score (nSPS) is 12.7. The molecule has 0 aromatic carbocycles. The lowest BCUT2D eigenvalue weighted by atomic mass is 10.2. The minimum atomic E-state index is -1.49. The quantitative estimate of drug-likeness (QED) is 0.503. The van der Waals surface area contributed by atoms with Crippen LogP contribution in [-0.2, 0) is 9.59 Å². The highest BCUT2D eigenvalue weighted by atomic mass is 16.4. The van der Waals surface area contributed by atoms with Crippen LogP contribution in [-0.4, -0.2) is 28.1 Å². The number of aliphatic hydroxyl groups is 1. The molecule has 2 N–H and O–H groups in total. The summed E-state index contributed by atoms with van der Waals surface area (Å²) in [5, 5.41) is 16.5. The summed E-state index contributed by atoms with van der Waals surface area (Å²) < 4.78 is 0. The molecule has 0 bridgehead atoms. The van der Waals surface area contributed by atoms with Gasteiger partial charge in [0.1, 0.15) is 0 Å². The Kier molecular flexibility index (Phi) is 2.87. The molecule has 0 saturated heterocycles. The molecule has 0 fully saturated rings. The van der Waals surface area contributed by atoms with Gasteiger partial charge < -0.3 is 10.2 Å². The van der Waals surface area contributed by atoms with Crippen molar-refractivity contribution in [3.8, 4) is 0 Å². The van der Waals surface area contributed by atoms with E-state index in [0.29, 0.717) is 0 Å². The summed E-state index contributed by atoms with van der Waals surface area (Å²) in [5.41, 5.74) is 0. The molecule has 0 saturated carbocycles. The van der Waals surface area contributed by atoms with Gasteiger partial charge in [-0.2, -0.15) is 0 Å². The van der Waals surface area contributed by atoms with E-state index in [0.717, 1.165) is 0 Å². The van der Waals surface area contributed by atoms with Crippen LogP contribution >= 0.6 is 0 Å². The molecule has 0 aliphatic heterocycles. The van der Waals surface area contributed by atoms with E-state index in [4.69, 9.17) is 10.2 Å². The Labute approximate surface area is 52.1 Å². The van der Waals surface area contributed by atoms with Gasteiger partial charge in [-0.3, -0.25) is 4.79 Å². The number of hydrogen-bond acceptors (Lipinski definition) is 3. The summed E-state index contributed by atoms with van der Waals surface area (Å²) in [7, 11) is 0. The van der Waals surface area contributed by atoms with E-state index in [1.807, 2.05) is 0 Å². The lowest BCUT2D eigenvalue weighted by Crippen LogP contribution is -2.17. The summed E-state index contributed by atoms with van der Waals surface area (Å²) in [5.74, 6) is -2.44. The third-order valence-corrected chi connectivity index (χ3v) is 0.719. The van der Waals surface area contributed by atoms with E-state index < -0.39 is 17.9 Å². The van der Waals surface area contributed by atoms with Crippen LogP contribution in [0.3, 0.4) is 0 Å². The predicted molar refractivity (Wildman–Crippen MR) is 28.9 cm³/mol. The van der Waals surface area contributed by atoms with Gasteiger partial charge in [-0.1, -0.05) is 0 Å². The average molecular weight is 132 g/mol. The Morgan fingerprint density at radius 1 is 1.56 bits per heavy atom. The van der Waals surface area contributed by atoms with Crippen molar-refractivity contribution < 1.29 is 19.8 Å². The second kappa shape index (κ2) is 3.19. The van der Waals surface area contributed by atoms with Crippen molar-refractivity contribution in [2.24, 2.45) is 0 Å². The number of Topliss-reactive ketones (excluding diaryl/α,β-unsaturated/α-hetero) is 1. The van der Waals surface area contributed by atoms with Gasteiger partial charge in [-0.15, -0.1) is 0 Å². The van der Waals surface area contributed by atoms with Crippen molar-refractivity contribution in [2.45, 2.75) is 19.4 Å². The van der Waals surface area contributed by atoms with Crippen LogP contribution in [0.5, 0.6) is 0 Å². The molecular weight excluding hydrogens is 124 g/mol. The highest BCUT2D eigenvalue weighted by Crippen LogP contribution is 1.89. The summed E-state index contributed by atoms with van der Waals surface area (Å²) in [6, 6.07) is 0. The fourth-order valence-electron chi connectivity index (χ4n) is 0.356. The fourth-order valence-corrected chi connectivity index (χ4v) is 0.356. The zero-order chi connectivity index (χ0) is 7.44. The molecule has 0 rings (SSSR count). The average Bonchev–Trinajstić information content (AvgIpc) is 1.63. The smallest absolute Gasteiger partial charge is 0.372 e. The van der Waals surface area contributed by atoms with Crippen molar-refractivity contribution >= 4 is 11.8 Å². The topological polar surface area (TPSA) is 74.6 Å². The second-order valence-corrected chi connectivity index (χ2v) is 1.78. The van der Waals surface area contributed by atoms with Gasteiger partial charge in [0.05, 0.1) is 6.10 Å². The minimum Gasteiger partial charge on any atom is -0.475 e. The molecule has 0 aromatic rings. The van der Waals surface area contributed by atoms with E-state index >= 15 is 0 Å². The van der Waals surface area contributed by atoms with Crippen LogP contribution in [0.25, 0.3) is 0 Å². The lowest BCUT2D eigenvalue weighted by Gasteiger charge is -1.96. The van der Waals surface area contributed by atoms with Gasteiger partial charge in [0.15, 0.2) is 0 Å². The Hall–Kier alpha value is -0.900. The van der Waals surface area contributed by atoms with Crippen LogP contribution in [0, 0.1) is 0 Å². The van der Waals surface area contributed by atoms with Gasteiger partial charge in [-0.25, -0.2) is 4.79 Å².